The summed E-state index contributed by atoms with van der Waals surface area (Å²) in [7, 11) is 0. The van der Waals surface area contributed by atoms with Gasteiger partial charge in [-0.05, 0) is 31.2 Å². The molecule has 0 unspecified atom stereocenters. The van der Waals surface area contributed by atoms with Crippen molar-refractivity contribution < 1.29 is 4.74 Å². The predicted molar refractivity (Wildman–Crippen MR) is 71.6 cm³/mol. The van der Waals surface area contributed by atoms with Gasteiger partial charge in [-0.15, -0.1) is 0 Å². The van der Waals surface area contributed by atoms with Crippen molar-refractivity contribution in [2.45, 2.75) is 25.7 Å². The van der Waals surface area contributed by atoms with E-state index in [0.717, 1.165) is 38.9 Å². The van der Waals surface area contributed by atoms with Crippen LogP contribution in [-0.2, 0) is 11.2 Å². The molecule has 2 N–H and O–H groups in total. The van der Waals surface area contributed by atoms with Crippen molar-refractivity contribution in [2.75, 3.05) is 13.2 Å². The maximum atomic E-state index is 5.49. The smallest absolute Gasteiger partial charge is 0.0728 e. The van der Waals surface area contributed by atoms with Gasteiger partial charge in [-0.2, -0.15) is 0 Å². The fourth-order valence-corrected chi connectivity index (χ4v) is 1.62. The Labute approximate surface area is 103 Å². The van der Waals surface area contributed by atoms with E-state index >= 15 is 0 Å². The molecule has 0 spiro atoms. The van der Waals surface area contributed by atoms with Crippen LogP contribution in [0, 0.1) is 0 Å². The van der Waals surface area contributed by atoms with Gasteiger partial charge >= 0.3 is 0 Å². The maximum absolute atomic E-state index is 5.49. The molecule has 1 rings (SSSR count). The molecule has 1 aromatic rings. The molecule has 0 heterocycles. The molecule has 0 amide bonds. The minimum Gasteiger partial charge on any atom is -0.393 e. The summed E-state index contributed by atoms with van der Waals surface area (Å²) in [5, 5.41) is 0. The summed E-state index contributed by atoms with van der Waals surface area (Å²) in [6.07, 6.45) is 3.86. The highest BCUT2D eigenvalue weighted by atomic mass is 32.1. The van der Waals surface area contributed by atoms with Crippen molar-refractivity contribution in [3.8, 4) is 0 Å². The second kappa shape index (κ2) is 8.25. The molecule has 3 heteroatoms. The number of ether oxygens (including phenoxy) is 1. The topological polar surface area (TPSA) is 35.2 Å². The first-order chi connectivity index (χ1) is 7.79. The lowest BCUT2D eigenvalue weighted by molar-refractivity contribution is 0.131. The van der Waals surface area contributed by atoms with Crippen LogP contribution in [-0.4, -0.2) is 18.2 Å². The van der Waals surface area contributed by atoms with Crippen LogP contribution in [0.1, 0.15) is 24.8 Å². The standard InChI is InChI=1S/C13H19NOS/c14-13(16)9-5-11-15-10-4-8-12-6-2-1-3-7-12/h1-3,6-7H,4-5,8-11H2,(H2,14,16). The number of nitrogens with two attached hydrogens (primary N) is 1. The second-order valence-corrected chi connectivity index (χ2v) is 4.30. The molecule has 0 radical (unpaired) electrons. The molecule has 0 aliphatic heterocycles. The Morgan fingerprint density at radius 3 is 2.50 bits per heavy atom. The first-order valence-corrected chi connectivity index (χ1v) is 6.10. The molecule has 0 atom stereocenters. The van der Waals surface area contributed by atoms with Gasteiger partial charge in [-0.25, -0.2) is 0 Å². The monoisotopic (exact) mass is 237 g/mol. The fraction of sp³-hybridized carbons (Fsp3) is 0.462. The van der Waals surface area contributed by atoms with Gasteiger partial charge in [0.25, 0.3) is 0 Å². The summed E-state index contributed by atoms with van der Waals surface area (Å²) >= 11 is 4.78. The van der Waals surface area contributed by atoms with Gasteiger partial charge in [0.15, 0.2) is 0 Å². The minimum absolute atomic E-state index is 0.577. The van der Waals surface area contributed by atoms with Crippen LogP contribution in [0.4, 0.5) is 0 Å². The van der Waals surface area contributed by atoms with Crippen molar-refractivity contribution >= 4 is 17.2 Å². The number of hydrogen-bond acceptors (Lipinski definition) is 2. The zero-order valence-corrected chi connectivity index (χ0v) is 10.3. The summed E-state index contributed by atoms with van der Waals surface area (Å²) in [6.45, 7) is 1.57. The highest BCUT2D eigenvalue weighted by Gasteiger charge is 1.94. The Morgan fingerprint density at radius 1 is 1.12 bits per heavy atom. The number of thiocarbonyl (C=S) groups is 1. The molecule has 0 aliphatic rings. The molecule has 1 aromatic carbocycles. The van der Waals surface area contributed by atoms with E-state index in [-0.39, 0.29) is 0 Å². The summed E-state index contributed by atoms with van der Waals surface area (Å²) in [4.78, 5) is 0.577. The van der Waals surface area contributed by atoms with Crippen LogP contribution in [0.25, 0.3) is 0 Å². The van der Waals surface area contributed by atoms with E-state index in [1.807, 2.05) is 6.07 Å². The molecule has 0 aromatic heterocycles. The van der Waals surface area contributed by atoms with Crippen LogP contribution >= 0.6 is 12.2 Å². The number of hydrogen-bond donors (Lipinski definition) is 1. The predicted octanol–water partition coefficient (Wildman–Crippen LogP) is 2.70. The molecule has 0 fully saturated rings. The van der Waals surface area contributed by atoms with E-state index in [4.69, 9.17) is 22.7 Å². The number of aryl methyl sites for hydroxylation is 1. The van der Waals surface area contributed by atoms with Gasteiger partial charge in [0.05, 0.1) is 4.99 Å². The Morgan fingerprint density at radius 2 is 1.81 bits per heavy atom. The van der Waals surface area contributed by atoms with Crippen molar-refractivity contribution in [1.29, 1.82) is 0 Å². The van der Waals surface area contributed by atoms with Gasteiger partial charge < -0.3 is 10.5 Å². The Hall–Kier alpha value is -0.930. The number of rotatable bonds is 8. The molecule has 2 nitrogen and oxygen atoms in total. The van der Waals surface area contributed by atoms with Crippen molar-refractivity contribution in [3.63, 3.8) is 0 Å². The highest BCUT2D eigenvalue weighted by molar-refractivity contribution is 7.80. The lowest BCUT2D eigenvalue weighted by Crippen LogP contribution is -2.09. The molecular weight excluding hydrogens is 218 g/mol. The Bertz CT molecular complexity index is 300. The first-order valence-electron chi connectivity index (χ1n) is 5.69. The van der Waals surface area contributed by atoms with Gasteiger partial charge in [0.2, 0.25) is 0 Å². The highest BCUT2D eigenvalue weighted by Crippen LogP contribution is 2.02. The van der Waals surface area contributed by atoms with E-state index in [1.165, 1.54) is 5.56 Å². The third-order valence-electron chi connectivity index (χ3n) is 2.31. The van der Waals surface area contributed by atoms with Gasteiger partial charge in [-0.3, -0.25) is 0 Å². The quantitative estimate of drug-likeness (QED) is 0.558. The lowest BCUT2D eigenvalue weighted by Gasteiger charge is -2.04. The molecule has 0 saturated heterocycles. The number of benzene rings is 1. The van der Waals surface area contributed by atoms with E-state index in [0.29, 0.717) is 4.99 Å². The van der Waals surface area contributed by atoms with Gasteiger partial charge in [-0.1, -0.05) is 42.5 Å². The SMILES string of the molecule is NC(=S)CCCOCCCc1ccccc1. The molecule has 0 bridgehead atoms. The van der Waals surface area contributed by atoms with Crippen LogP contribution in [0.3, 0.4) is 0 Å². The van der Waals surface area contributed by atoms with E-state index in [2.05, 4.69) is 24.3 Å². The normalized spacial score (nSPS) is 10.2. The summed E-state index contributed by atoms with van der Waals surface area (Å²) in [5.41, 5.74) is 6.75. The summed E-state index contributed by atoms with van der Waals surface area (Å²) < 4.78 is 5.49. The molecule has 0 aliphatic carbocycles. The second-order valence-electron chi connectivity index (χ2n) is 3.77. The average molecular weight is 237 g/mol. The first kappa shape index (κ1) is 13.1. The van der Waals surface area contributed by atoms with Crippen LogP contribution in [0.5, 0.6) is 0 Å². The zero-order chi connectivity index (χ0) is 11.6. The van der Waals surface area contributed by atoms with E-state index in [1.54, 1.807) is 0 Å². The average Bonchev–Trinajstić information content (AvgIpc) is 2.29. The van der Waals surface area contributed by atoms with Crippen LogP contribution in [0.15, 0.2) is 30.3 Å². The van der Waals surface area contributed by atoms with Crippen LogP contribution in [0.2, 0.25) is 0 Å². The third kappa shape index (κ3) is 6.53. The maximum Gasteiger partial charge on any atom is 0.0728 e. The molecular formula is C13H19NOS. The van der Waals surface area contributed by atoms with Crippen molar-refractivity contribution in [1.82, 2.24) is 0 Å². The lowest BCUT2D eigenvalue weighted by atomic mass is 10.1. The van der Waals surface area contributed by atoms with Gasteiger partial charge in [0.1, 0.15) is 0 Å². The van der Waals surface area contributed by atoms with Crippen molar-refractivity contribution in [3.05, 3.63) is 35.9 Å². The fourth-order valence-electron chi connectivity index (χ4n) is 1.47. The molecule has 88 valence electrons. The minimum atomic E-state index is 0.577. The summed E-state index contributed by atoms with van der Waals surface area (Å²) in [6, 6.07) is 10.5. The summed E-state index contributed by atoms with van der Waals surface area (Å²) in [5.74, 6) is 0. The van der Waals surface area contributed by atoms with Gasteiger partial charge in [0, 0.05) is 13.2 Å². The zero-order valence-electron chi connectivity index (χ0n) is 9.52. The van der Waals surface area contributed by atoms with Crippen LogP contribution < -0.4 is 5.73 Å². The Kier molecular flexibility index (Phi) is 6.77. The largest absolute Gasteiger partial charge is 0.393 e. The van der Waals surface area contributed by atoms with E-state index in [9.17, 15) is 0 Å². The molecule has 16 heavy (non-hydrogen) atoms. The Balaban J connectivity index is 1.94. The van der Waals surface area contributed by atoms with Crippen molar-refractivity contribution in [2.24, 2.45) is 5.73 Å². The molecule has 0 saturated carbocycles. The third-order valence-corrected chi connectivity index (χ3v) is 2.51. The van der Waals surface area contributed by atoms with E-state index < -0.39 is 0 Å².